The molecule has 0 aliphatic heterocycles. The number of para-hydroxylation sites is 1. The summed E-state index contributed by atoms with van der Waals surface area (Å²) in [6, 6.07) is 11.1. The molecule has 0 atom stereocenters. The maximum Gasteiger partial charge on any atom is 0.267 e. The standard InChI is InChI=1S/C16H16N4O3S/c1-11-9-14(23-19-11)10-24(21,22)16-17-15(12-7-8-12)20(18-16)13-5-3-2-4-6-13/h2-6,9,12H,7-8,10H2,1H3. The van der Waals surface area contributed by atoms with Gasteiger partial charge in [0.1, 0.15) is 11.6 Å². The molecule has 0 amide bonds. The van der Waals surface area contributed by atoms with Gasteiger partial charge in [0.2, 0.25) is 9.84 Å². The van der Waals surface area contributed by atoms with Crippen molar-refractivity contribution in [2.24, 2.45) is 0 Å². The molecule has 3 aromatic rings. The topological polar surface area (TPSA) is 90.9 Å². The number of sulfone groups is 1. The van der Waals surface area contributed by atoms with Gasteiger partial charge < -0.3 is 4.52 Å². The van der Waals surface area contributed by atoms with Crippen molar-refractivity contribution >= 4 is 9.84 Å². The van der Waals surface area contributed by atoms with Crippen molar-refractivity contribution in [3.05, 3.63) is 53.7 Å². The van der Waals surface area contributed by atoms with Crippen LogP contribution >= 0.6 is 0 Å². The average Bonchev–Trinajstić information content (AvgIpc) is 3.17. The molecule has 0 saturated heterocycles. The van der Waals surface area contributed by atoms with Crippen LogP contribution in [0.1, 0.15) is 36.0 Å². The van der Waals surface area contributed by atoms with Crippen LogP contribution in [-0.2, 0) is 15.6 Å². The molecule has 8 heteroatoms. The molecule has 0 radical (unpaired) electrons. The molecule has 4 rings (SSSR count). The summed E-state index contributed by atoms with van der Waals surface area (Å²) in [6.45, 7) is 1.74. The van der Waals surface area contributed by atoms with Crippen molar-refractivity contribution in [1.29, 1.82) is 0 Å². The Bertz CT molecular complexity index is 972. The average molecular weight is 344 g/mol. The van der Waals surface area contributed by atoms with Gasteiger partial charge in [-0.3, -0.25) is 0 Å². The van der Waals surface area contributed by atoms with E-state index in [2.05, 4.69) is 15.2 Å². The third-order valence-corrected chi connectivity index (χ3v) is 5.24. The van der Waals surface area contributed by atoms with Crippen LogP contribution in [0.5, 0.6) is 0 Å². The van der Waals surface area contributed by atoms with Gasteiger partial charge in [0.25, 0.3) is 5.16 Å². The fraction of sp³-hybridized carbons (Fsp3) is 0.312. The van der Waals surface area contributed by atoms with E-state index in [4.69, 9.17) is 4.52 Å². The number of aromatic nitrogens is 4. The summed E-state index contributed by atoms with van der Waals surface area (Å²) in [5, 5.41) is 7.82. The van der Waals surface area contributed by atoms with E-state index in [1.54, 1.807) is 17.7 Å². The van der Waals surface area contributed by atoms with E-state index < -0.39 is 9.84 Å². The summed E-state index contributed by atoms with van der Waals surface area (Å²) in [5.41, 5.74) is 1.45. The summed E-state index contributed by atoms with van der Waals surface area (Å²) < 4.78 is 31.9. The second-order valence-corrected chi connectivity index (χ2v) is 7.85. The van der Waals surface area contributed by atoms with Gasteiger partial charge in [-0.05, 0) is 31.9 Å². The van der Waals surface area contributed by atoms with Gasteiger partial charge in [-0.25, -0.2) is 18.1 Å². The van der Waals surface area contributed by atoms with E-state index in [9.17, 15) is 8.42 Å². The van der Waals surface area contributed by atoms with Crippen molar-refractivity contribution in [3.8, 4) is 5.69 Å². The Balaban J connectivity index is 1.73. The zero-order valence-corrected chi connectivity index (χ0v) is 13.9. The maximum absolute atomic E-state index is 12.6. The Kier molecular flexibility index (Phi) is 3.49. The fourth-order valence-electron chi connectivity index (χ4n) is 2.54. The Morgan fingerprint density at radius 3 is 2.62 bits per heavy atom. The molecule has 24 heavy (non-hydrogen) atoms. The Labute approximate surface area is 139 Å². The van der Waals surface area contributed by atoms with E-state index in [-0.39, 0.29) is 22.6 Å². The van der Waals surface area contributed by atoms with E-state index in [0.29, 0.717) is 11.5 Å². The van der Waals surface area contributed by atoms with Gasteiger partial charge >= 0.3 is 0 Å². The van der Waals surface area contributed by atoms with Crippen LogP contribution in [0, 0.1) is 6.92 Å². The van der Waals surface area contributed by atoms with Crippen LogP contribution in [0.4, 0.5) is 0 Å². The lowest BCUT2D eigenvalue weighted by molar-refractivity contribution is 0.388. The molecule has 2 aromatic heterocycles. The Hall–Kier alpha value is -2.48. The highest BCUT2D eigenvalue weighted by atomic mass is 32.2. The summed E-state index contributed by atoms with van der Waals surface area (Å²) >= 11 is 0. The maximum atomic E-state index is 12.6. The minimum atomic E-state index is -3.69. The van der Waals surface area contributed by atoms with Gasteiger partial charge in [0.05, 0.1) is 11.4 Å². The first kappa shape index (κ1) is 15.1. The minimum absolute atomic E-state index is 0.165. The van der Waals surface area contributed by atoms with E-state index in [1.807, 2.05) is 30.3 Å². The largest absolute Gasteiger partial charge is 0.360 e. The third-order valence-electron chi connectivity index (χ3n) is 3.84. The minimum Gasteiger partial charge on any atom is -0.360 e. The van der Waals surface area contributed by atoms with Gasteiger partial charge in [0.15, 0.2) is 5.76 Å². The smallest absolute Gasteiger partial charge is 0.267 e. The predicted octanol–water partition coefficient (Wildman–Crippen LogP) is 2.42. The highest BCUT2D eigenvalue weighted by Crippen LogP contribution is 2.40. The van der Waals surface area contributed by atoms with Gasteiger partial charge in [-0.15, -0.1) is 5.10 Å². The number of rotatable bonds is 5. The molecule has 1 aromatic carbocycles. The fourth-order valence-corrected chi connectivity index (χ4v) is 3.62. The van der Waals surface area contributed by atoms with E-state index in [0.717, 1.165) is 18.5 Å². The van der Waals surface area contributed by atoms with E-state index >= 15 is 0 Å². The molecular weight excluding hydrogens is 328 g/mol. The van der Waals surface area contributed by atoms with Crippen molar-refractivity contribution in [2.75, 3.05) is 0 Å². The molecule has 2 heterocycles. The second kappa shape index (κ2) is 5.55. The van der Waals surface area contributed by atoms with Gasteiger partial charge in [0, 0.05) is 12.0 Å². The van der Waals surface area contributed by atoms with Crippen molar-refractivity contribution < 1.29 is 12.9 Å². The van der Waals surface area contributed by atoms with Crippen molar-refractivity contribution in [2.45, 2.75) is 36.6 Å². The van der Waals surface area contributed by atoms with Crippen LogP contribution in [0.15, 0.2) is 46.1 Å². The molecule has 1 aliphatic carbocycles. The lowest BCUT2D eigenvalue weighted by Crippen LogP contribution is -2.07. The molecule has 1 aliphatic rings. The van der Waals surface area contributed by atoms with Gasteiger partial charge in [-0.2, -0.15) is 0 Å². The second-order valence-electron chi connectivity index (χ2n) is 5.97. The first-order valence-electron chi connectivity index (χ1n) is 7.70. The number of aryl methyl sites for hydroxylation is 1. The van der Waals surface area contributed by atoms with Crippen LogP contribution in [-0.4, -0.2) is 28.3 Å². The number of nitrogens with zero attached hydrogens (tertiary/aromatic N) is 4. The summed E-state index contributed by atoms with van der Waals surface area (Å²) in [7, 11) is -3.69. The van der Waals surface area contributed by atoms with Crippen molar-refractivity contribution in [1.82, 2.24) is 19.9 Å². The Morgan fingerprint density at radius 2 is 2.00 bits per heavy atom. The molecule has 0 bridgehead atoms. The molecule has 0 N–H and O–H groups in total. The highest BCUT2D eigenvalue weighted by molar-refractivity contribution is 7.90. The zero-order valence-electron chi connectivity index (χ0n) is 13.1. The summed E-state index contributed by atoms with van der Waals surface area (Å²) in [4.78, 5) is 4.33. The first-order valence-corrected chi connectivity index (χ1v) is 9.35. The molecule has 1 fully saturated rings. The van der Waals surface area contributed by atoms with Crippen LogP contribution in [0.25, 0.3) is 5.69 Å². The lowest BCUT2D eigenvalue weighted by Gasteiger charge is -2.03. The molecule has 0 spiro atoms. The first-order chi connectivity index (χ1) is 11.5. The van der Waals surface area contributed by atoms with Crippen molar-refractivity contribution in [3.63, 3.8) is 0 Å². The van der Waals surface area contributed by atoms with Crippen LogP contribution in [0.3, 0.4) is 0 Å². The quantitative estimate of drug-likeness (QED) is 0.706. The lowest BCUT2D eigenvalue weighted by atomic mass is 10.3. The number of hydrogen-bond donors (Lipinski definition) is 0. The molecule has 0 unspecified atom stereocenters. The monoisotopic (exact) mass is 344 g/mol. The molecule has 1 saturated carbocycles. The highest BCUT2D eigenvalue weighted by Gasteiger charge is 2.33. The van der Waals surface area contributed by atoms with Gasteiger partial charge in [-0.1, -0.05) is 23.4 Å². The predicted molar refractivity (Wildman–Crippen MR) is 85.5 cm³/mol. The molecule has 124 valence electrons. The van der Waals surface area contributed by atoms with Crippen LogP contribution in [0.2, 0.25) is 0 Å². The SMILES string of the molecule is Cc1cc(CS(=O)(=O)c2nc(C3CC3)n(-c3ccccc3)n2)on1. The molecule has 7 nitrogen and oxygen atoms in total. The number of hydrogen-bond acceptors (Lipinski definition) is 6. The summed E-state index contributed by atoms with van der Waals surface area (Å²) in [5.74, 6) is 0.968. The van der Waals surface area contributed by atoms with Crippen LogP contribution < -0.4 is 0 Å². The van der Waals surface area contributed by atoms with E-state index in [1.165, 1.54) is 0 Å². The number of benzene rings is 1. The Morgan fingerprint density at radius 1 is 1.25 bits per heavy atom. The molecular formula is C16H16N4O3S. The summed E-state index contributed by atoms with van der Waals surface area (Å²) in [6.07, 6.45) is 2.01. The normalized spacial score (nSPS) is 14.9. The zero-order chi connectivity index (χ0) is 16.7. The third kappa shape index (κ3) is 2.84.